The molecule has 0 saturated heterocycles. The van der Waals surface area contributed by atoms with Gasteiger partial charge in [0, 0.05) is 21.7 Å². The molecule has 0 bridgehead atoms. The van der Waals surface area contributed by atoms with Crippen molar-refractivity contribution in [2.75, 3.05) is 6.79 Å². The minimum absolute atomic E-state index is 0.00988. The Labute approximate surface area is 173 Å². The lowest BCUT2D eigenvalue weighted by atomic mass is 9.96. The van der Waals surface area contributed by atoms with Crippen molar-refractivity contribution in [1.82, 2.24) is 0 Å². The van der Waals surface area contributed by atoms with Gasteiger partial charge >= 0.3 is 5.97 Å². The van der Waals surface area contributed by atoms with Crippen LogP contribution in [0.4, 0.5) is 0 Å². The van der Waals surface area contributed by atoms with Crippen LogP contribution in [0, 0.1) is 11.3 Å². The van der Waals surface area contributed by atoms with Crippen LogP contribution in [0.25, 0.3) is 11.1 Å². The van der Waals surface area contributed by atoms with Gasteiger partial charge < -0.3 is 14.2 Å². The fourth-order valence-electron chi connectivity index (χ4n) is 3.30. The number of halogens is 1. The molecule has 0 saturated carbocycles. The predicted molar refractivity (Wildman–Crippen MR) is 107 cm³/mol. The fourth-order valence-corrected chi connectivity index (χ4v) is 3.56. The summed E-state index contributed by atoms with van der Waals surface area (Å²) in [6.45, 7) is 0.546. The zero-order valence-electron chi connectivity index (χ0n) is 15.4. The third kappa shape index (κ3) is 3.95. The molecule has 0 amide bonds. The molecule has 0 unspecified atom stereocenters. The molecule has 0 radical (unpaired) electrons. The summed E-state index contributed by atoms with van der Waals surface area (Å²) in [6, 6.07) is 19.9. The van der Waals surface area contributed by atoms with Gasteiger partial charge in [0.2, 0.25) is 0 Å². The lowest BCUT2D eigenvalue weighted by molar-refractivity contribution is -0.0180. The van der Waals surface area contributed by atoms with Crippen LogP contribution in [0.15, 0.2) is 60.7 Å². The molecular formula is C23H16ClNO4. The molecule has 0 fully saturated rings. The fraction of sp³-hybridized carbons (Fsp3) is 0.130. The van der Waals surface area contributed by atoms with Gasteiger partial charge in [-0.25, -0.2) is 4.79 Å². The predicted octanol–water partition coefficient (Wildman–Crippen LogP) is 5.10. The standard InChI is InChI=1S/C23H16ClNO4/c24-18-9-16-12-27-14-29-22(16)17(10-18)13-28-23(26)21-8-4-3-7-20(21)19-6-2-1-5-15(19)11-25/h1-10H,12-14H2. The maximum absolute atomic E-state index is 12.9. The largest absolute Gasteiger partial charge is 0.467 e. The van der Waals surface area contributed by atoms with E-state index < -0.39 is 5.97 Å². The maximum atomic E-state index is 12.9. The second-order valence-corrected chi connectivity index (χ2v) is 6.88. The summed E-state index contributed by atoms with van der Waals surface area (Å²) < 4.78 is 16.4. The van der Waals surface area contributed by atoms with Gasteiger partial charge in [-0.3, -0.25) is 0 Å². The van der Waals surface area contributed by atoms with E-state index >= 15 is 0 Å². The van der Waals surface area contributed by atoms with Gasteiger partial charge in [0.25, 0.3) is 0 Å². The van der Waals surface area contributed by atoms with E-state index in [4.69, 9.17) is 25.8 Å². The number of hydrogen-bond donors (Lipinski definition) is 0. The molecule has 4 rings (SSSR count). The van der Waals surface area contributed by atoms with Gasteiger partial charge in [0.1, 0.15) is 12.4 Å². The molecule has 3 aromatic rings. The Bertz CT molecular complexity index is 1120. The highest BCUT2D eigenvalue weighted by molar-refractivity contribution is 6.30. The molecule has 0 N–H and O–H groups in total. The molecule has 1 aliphatic heterocycles. The van der Waals surface area contributed by atoms with Gasteiger partial charge in [-0.1, -0.05) is 48.0 Å². The first-order valence-corrected chi connectivity index (χ1v) is 9.32. The summed E-state index contributed by atoms with van der Waals surface area (Å²) in [7, 11) is 0. The Morgan fingerprint density at radius 3 is 2.69 bits per heavy atom. The first kappa shape index (κ1) is 19.0. The first-order valence-electron chi connectivity index (χ1n) is 8.95. The molecule has 0 aliphatic carbocycles. The van der Waals surface area contributed by atoms with Crippen LogP contribution in [-0.2, 0) is 22.7 Å². The normalized spacial score (nSPS) is 12.4. The van der Waals surface area contributed by atoms with Gasteiger partial charge in [0.05, 0.1) is 23.8 Å². The van der Waals surface area contributed by atoms with Crippen molar-refractivity contribution in [2.24, 2.45) is 0 Å². The van der Waals surface area contributed by atoms with E-state index in [-0.39, 0.29) is 13.4 Å². The van der Waals surface area contributed by atoms with Crippen LogP contribution in [-0.4, -0.2) is 12.8 Å². The van der Waals surface area contributed by atoms with Crippen LogP contribution in [0.1, 0.15) is 27.0 Å². The van der Waals surface area contributed by atoms with Gasteiger partial charge in [-0.2, -0.15) is 5.26 Å². The van der Waals surface area contributed by atoms with E-state index in [2.05, 4.69) is 6.07 Å². The number of rotatable bonds is 4. The second-order valence-electron chi connectivity index (χ2n) is 6.44. The minimum atomic E-state index is -0.492. The van der Waals surface area contributed by atoms with Crippen LogP contribution in [0.5, 0.6) is 5.75 Å². The van der Waals surface area contributed by atoms with Crippen molar-refractivity contribution in [3.63, 3.8) is 0 Å². The number of carbonyl (C=O) groups excluding carboxylic acids is 1. The molecule has 6 heteroatoms. The maximum Gasteiger partial charge on any atom is 0.339 e. The lowest BCUT2D eigenvalue weighted by Gasteiger charge is -2.21. The molecule has 1 aliphatic rings. The number of nitriles is 1. The summed E-state index contributed by atoms with van der Waals surface area (Å²) in [5.41, 5.74) is 3.70. The van der Waals surface area contributed by atoms with Crippen LogP contribution in [0.3, 0.4) is 0 Å². The number of fused-ring (bicyclic) bond motifs is 1. The summed E-state index contributed by atoms with van der Waals surface area (Å²) in [6.07, 6.45) is 0. The first-order chi connectivity index (χ1) is 14.2. The third-order valence-electron chi connectivity index (χ3n) is 4.60. The summed E-state index contributed by atoms with van der Waals surface area (Å²) in [5, 5.41) is 9.92. The highest BCUT2D eigenvalue weighted by Gasteiger charge is 2.20. The van der Waals surface area contributed by atoms with E-state index in [1.165, 1.54) is 0 Å². The zero-order chi connectivity index (χ0) is 20.2. The molecule has 0 spiro atoms. The second kappa shape index (κ2) is 8.36. The number of carbonyl (C=O) groups is 1. The average molecular weight is 406 g/mol. The van der Waals surface area contributed by atoms with E-state index in [0.717, 1.165) is 5.56 Å². The number of ether oxygens (including phenoxy) is 3. The van der Waals surface area contributed by atoms with Gasteiger partial charge in [0.15, 0.2) is 6.79 Å². The topological polar surface area (TPSA) is 68.6 Å². The highest BCUT2D eigenvalue weighted by Crippen LogP contribution is 2.33. The number of benzene rings is 3. The highest BCUT2D eigenvalue weighted by atomic mass is 35.5. The zero-order valence-corrected chi connectivity index (χ0v) is 16.1. The Balaban J connectivity index is 1.61. The number of nitrogens with zero attached hydrogens (tertiary/aromatic N) is 1. The minimum Gasteiger partial charge on any atom is -0.467 e. The van der Waals surface area contributed by atoms with E-state index in [1.54, 1.807) is 42.5 Å². The van der Waals surface area contributed by atoms with Crippen molar-refractivity contribution in [1.29, 1.82) is 5.26 Å². The summed E-state index contributed by atoms with van der Waals surface area (Å²) >= 11 is 6.17. The summed E-state index contributed by atoms with van der Waals surface area (Å²) in [4.78, 5) is 12.9. The van der Waals surface area contributed by atoms with Gasteiger partial charge in [-0.05, 0) is 29.8 Å². The molecular weight excluding hydrogens is 390 g/mol. The van der Waals surface area contributed by atoms with E-state index in [9.17, 15) is 10.1 Å². The molecule has 5 nitrogen and oxygen atoms in total. The van der Waals surface area contributed by atoms with Crippen LogP contribution in [0.2, 0.25) is 5.02 Å². The molecule has 0 atom stereocenters. The monoisotopic (exact) mass is 405 g/mol. The van der Waals surface area contributed by atoms with Gasteiger partial charge in [-0.15, -0.1) is 0 Å². The van der Waals surface area contributed by atoms with E-state index in [0.29, 0.717) is 45.2 Å². The Morgan fingerprint density at radius 2 is 1.86 bits per heavy atom. The van der Waals surface area contributed by atoms with Crippen LogP contribution >= 0.6 is 11.6 Å². The van der Waals surface area contributed by atoms with Crippen molar-refractivity contribution in [3.8, 4) is 22.9 Å². The molecule has 3 aromatic carbocycles. The Kier molecular flexibility index (Phi) is 5.48. The van der Waals surface area contributed by atoms with Crippen molar-refractivity contribution < 1.29 is 19.0 Å². The molecule has 29 heavy (non-hydrogen) atoms. The smallest absolute Gasteiger partial charge is 0.339 e. The van der Waals surface area contributed by atoms with Crippen molar-refractivity contribution in [2.45, 2.75) is 13.2 Å². The third-order valence-corrected chi connectivity index (χ3v) is 4.81. The van der Waals surface area contributed by atoms with Crippen molar-refractivity contribution in [3.05, 3.63) is 87.9 Å². The van der Waals surface area contributed by atoms with E-state index in [1.807, 2.05) is 18.2 Å². The molecule has 1 heterocycles. The summed E-state index contributed by atoms with van der Waals surface area (Å²) in [5.74, 6) is 0.144. The SMILES string of the molecule is N#Cc1ccccc1-c1ccccc1C(=O)OCc1cc(Cl)cc2c1OCOC2. The molecule has 0 aromatic heterocycles. The average Bonchev–Trinajstić information content (AvgIpc) is 2.77. The number of hydrogen-bond acceptors (Lipinski definition) is 5. The lowest BCUT2D eigenvalue weighted by Crippen LogP contribution is -2.14. The Hall–Kier alpha value is -3.33. The quantitative estimate of drug-likeness (QED) is 0.564. The molecule has 144 valence electrons. The number of esters is 1. The van der Waals surface area contributed by atoms with Crippen LogP contribution < -0.4 is 4.74 Å². The van der Waals surface area contributed by atoms with Crippen molar-refractivity contribution >= 4 is 17.6 Å². The Morgan fingerprint density at radius 1 is 1.10 bits per heavy atom.